The summed E-state index contributed by atoms with van der Waals surface area (Å²) in [6.07, 6.45) is 11.8. The lowest BCUT2D eigenvalue weighted by molar-refractivity contribution is -0.108. The van der Waals surface area contributed by atoms with Crippen LogP contribution in [-0.4, -0.2) is 85.3 Å². The van der Waals surface area contributed by atoms with Crippen molar-refractivity contribution in [3.05, 3.63) is 0 Å². The van der Waals surface area contributed by atoms with Gasteiger partial charge in [0.25, 0.3) is 0 Å². The molecule has 1 atom stereocenters. The van der Waals surface area contributed by atoms with E-state index < -0.39 is 0 Å². The fraction of sp³-hybridized carbons (Fsp3) is 1.00. The summed E-state index contributed by atoms with van der Waals surface area (Å²) < 4.78 is 6.56. The van der Waals surface area contributed by atoms with E-state index in [4.69, 9.17) is 4.74 Å². The van der Waals surface area contributed by atoms with E-state index >= 15 is 0 Å². The molecule has 4 fully saturated rings. The average molecular weight is 448 g/mol. The van der Waals surface area contributed by atoms with Crippen molar-refractivity contribution in [3.8, 4) is 0 Å². The quantitative estimate of drug-likeness (QED) is 0.539. The van der Waals surface area contributed by atoms with Gasteiger partial charge in [0, 0.05) is 25.7 Å². The van der Waals surface area contributed by atoms with Gasteiger partial charge in [-0.1, -0.05) is 34.6 Å². The van der Waals surface area contributed by atoms with E-state index in [1.54, 1.807) is 0 Å². The Balaban J connectivity index is 1.08. The molecular formula is C28H53N3O. The maximum Gasteiger partial charge on any atom is 0.0608 e. The Labute approximate surface area is 199 Å². The van der Waals surface area contributed by atoms with Crippen molar-refractivity contribution in [3.63, 3.8) is 0 Å². The lowest BCUT2D eigenvalue weighted by Crippen LogP contribution is -2.52. The van der Waals surface area contributed by atoms with Crippen LogP contribution in [0.2, 0.25) is 0 Å². The van der Waals surface area contributed by atoms with Crippen molar-refractivity contribution < 1.29 is 4.74 Å². The van der Waals surface area contributed by atoms with Crippen molar-refractivity contribution in [1.29, 1.82) is 0 Å². The smallest absolute Gasteiger partial charge is 0.0608 e. The SMILES string of the molecule is CCN1CCC(CN2CCC(O[C@H]3C[C@@H](N4CCC(C(C)C(C)(C)C)CC4)C3)CC2)CC1. The number of hydrogen-bond donors (Lipinski definition) is 0. The highest BCUT2D eigenvalue weighted by Gasteiger charge is 2.39. The molecule has 0 N–H and O–H groups in total. The van der Waals surface area contributed by atoms with Crippen LogP contribution < -0.4 is 0 Å². The second-order valence-corrected chi connectivity index (χ2v) is 12.8. The highest BCUT2D eigenvalue weighted by atomic mass is 16.5. The molecule has 0 aromatic rings. The molecule has 3 aliphatic heterocycles. The van der Waals surface area contributed by atoms with E-state index in [1.165, 1.54) is 104 Å². The third-order valence-electron chi connectivity index (χ3n) is 9.82. The lowest BCUT2D eigenvalue weighted by atomic mass is 9.71. The van der Waals surface area contributed by atoms with Gasteiger partial charge in [0.15, 0.2) is 0 Å². The summed E-state index contributed by atoms with van der Waals surface area (Å²) in [5.41, 5.74) is 0.449. The second-order valence-electron chi connectivity index (χ2n) is 12.8. The number of piperidine rings is 3. The molecule has 0 aromatic carbocycles. The highest BCUT2D eigenvalue weighted by Crippen LogP contribution is 2.39. The summed E-state index contributed by atoms with van der Waals surface area (Å²) in [6, 6.07) is 0.806. The molecule has 1 unspecified atom stereocenters. The van der Waals surface area contributed by atoms with E-state index in [-0.39, 0.29) is 0 Å². The van der Waals surface area contributed by atoms with E-state index in [9.17, 15) is 0 Å². The van der Waals surface area contributed by atoms with Gasteiger partial charge in [-0.2, -0.15) is 0 Å². The third-order valence-corrected chi connectivity index (χ3v) is 9.82. The Bertz CT molecular complexity index is 546. The normalized spacial score (nSPS) is 32.2. The maximum absolute atomic E-state index is 6.56. The number of hydrogen-bond acceptors (Lipinski definition) is 4. The fourth-order valence-electron chi connectivity index (χ4n) is 6.79. The first-order valence-electron chi connectivity index (χ1n) is 14.2. The standard InChI is InChI=1S/C28H53N3O/c1-6-29-13-7-23(8-14-29)21-30-15-11-26(12-16-30)32-27-19-25(20-27)31-17-9-24(10-18-31)22(2)28(3,4)5/h22-27H,6-21H2,1-5H3/t22?,25-,27+. The monoisotopic (exact) mass is 447 g/mol. The number of ether oxygens (including phenoxy) is 1. The van der Waals surface area contributed by atoms with Crippen molar-refractivity contribution in [2.45, 2.75) is 104 Å². The Morgan fingerprint density at radius 3 is 1.94 bits per heavy atom. The average Bonchev–Trinajstić information content (AvgIpc) is 2.77. The number of likely N-dealkylation sites (tertiary alicyclic amines) is 3. The molecule has 1 saturated carbocycles. The molecule has 4 rings (SSSR count). The van der Waals surface area contributed by atoms with Crippen LogP contribution >= 0.6 is 0 Å². The van der Waals surface area contributed by atoms with Crippen molar-refractivity contribution >= 4 is 0 Å². The molecule has 0 bridgehead atoms. The molecule has 4 heteroatoms. The number of rotatable bonds is 7. The topological polar surface area (TPSA) is 19.0 Å². The number of nitrogens with zero attached hydrogens (tertiary/aromatic N) is 3. The van der Waals surface area contributed by atoms with Crippen LogP contribution in [0.15, 0.2) is 0 Å². The van der Waals surface area contributed by atoms with Crippen LogP contribution in [-0.2, 0) is 4.74 Å². The van der Waals surface area contributed by atoms with E-state index in [1.807, 2.05) is 0 Å². The summed E-state index contributed by atoms with van der Waals surface area (Å²) in [7, 11) is 0. The minimum absolute atomic E-state index is 0.449. The maximum atomic E-state index is 6.56. The van der Waals surface area contributed by atoms with Crippen LogP contribution in [0.3, 0.4) is 0 Å². The first kappa shape index (κ1) is 24.9. The van der Waals surface area contributed by atoms with Crippen LogP contribution in [0, 0.1) is 23.2 Å². The molecule has 0 radical (unpaired) electrons. The molecule has 32 heavy (non-hydrogen) atoms. The van der Waals surface area contributed by atoms with Gasteiger partial charge >= 0.3 is 0 Å². The zero-order valence-corrected chi connectivity index (χ0v) is 22.0. The first-order chi connectivity index (χ1) is 15.3. The van der Waals surface area contributed by atoms with Crippen LogP contribution in [0.1, 0.15) is 86.0 Å². The second kappa shape index (κ2) is 11.1. The van der Waals surface area contributed by atoms with Gasteiger partial charge in [-0.3, -0.25) is 0 Å². The molecule has 4 nitrogen and oxygen atoms in total. The molecule has 1 aliphatic carbocycles. The molecule has 0 spiro atoms. The molecular weight excluding hydrogens is 394 g/mol. The van der Waals surface area contributed by atoms with Gasteiger partial charge in [-0.05, 0) is 107 Å². The molecule has 0 amide bonds. The van der Waals surface area contributed by atoms with Crippen molar-refractivity contribution in [1.82, 2.24) is 14.7 Å². The van der Waals surface area contributed by atoms with Crippen molar-refractivity contribution in [2.24, 2.45) is 23.2 Å². The largest absolute Gasteiger partial charge is 0.375 e. The minimum atomic E-state index is 0.449. The summed E-state index contributed by atoms with van der Waals surface area (Å²) in [6.45, 7) is 22.4. The summed E-state index contributed by atoms with van der Waals surface area (Å²) in [5, 5.41) is 0. The van der Waals surface area contributed by atoms with E-state index in [2.05, 4.69) is 49.3 Å². The summed E-state index contributed by atoms with van der Waals surface area (Å²) in [5.74, 6) is 2.68. The van der Waals surface area contributed by atoms with Gasteiger partial charge in [-0.25, -0.2) is 0 Å². The van der Waals surface area contributed by atoms with Crippen LogP contribution in [0.4, 0.5) is 0 Å². The van der Waals surface area contributed by atoms with Gasteiger partial charge in [0.05, 0.1) is 12.2 Å². The lowest BCUT2D eigenvalue weighted by Gasteiger charge is -2.48. The molecule has 3 saturated heterocycles. The van der Waals surface area contributed by atoms with Gasteiger partial charge in [0.1, 0.15) is 0 Å². The van der Waals surface area contributed by atoms with E-state index in [0.717, 1.165) is 23.8 Å². The van der Waals surface area contributed by atoms with Crippen LogP contribution in [0.5, 0.6) is 0 Å². The molecule has 4 aliphatic rings. The zero-order chi connectivity index (χ0) is 22.7. The Morgan fingerprint density at radius 1 is 0.781 bits per heavy atom. The predicted molar refractivity (Wildman–Crippen MR) is 135 cm³/mol. The van der Waals surface area contributed by atoms with Crippen LogP contribution in [0.25, 0.3) is 0 Å². The summed E-state index contributed by atoms with van der Waals surface area (Å²) >= 11 is 0. The first-order valence-corrected chi connectivity index (χ1v) is 14.2. The fourth-order valence-corrected chi connectivity index (χ4v) is 6.79. The van der Waals surface area contributed by atoms with Gasteiger partial charge in [0.2, 0.25) is 0 Å². The third kappa shape index (κ3) is 6.49. The highest BCUT2D eigenvalue weighted by molar-refractivity contribution is 4.92. The molecule has 3 heterocycles. The Kier molecular flexibility index (Phi) is 8.62. The van der Waals surface area contributed by atoms with E-state index in [0.29, 0.717) is 17.6 Å². The minimum Gasteiger partial charge on any atom is -0.375 e. The molecule has 0 aromatic heterocycles. The predicted octanol–water partition coefficient (Wildman–Crippen LogP) is 5.12. The van der Waals surface area contributed by atoms with Gasteiger partial charge in [-0.15, -0.1) is 0 Å². The summed E-state index contributed by atoms with van der Waals surface area (Å²) in [4.78, 5) is 8.13. The Morgan fingerprint density at radius 2 is 1.38 bits per heavy atom. The molecule has 186 valence electrons. The zero-order valence-electron chi connectivity index (χ0n) is 22.0. The van der Waals surface area contributed by atoms with Crippen molar-refractivity contribution in [2.75, 3.05) is 52.4 Å². The Hall–Kier alpha value is -0.160. The van der Waals surface area contributed by atoms with Gasteiger partial charge < -0.3 is 19.4 Å².